The zero-order chi connectivity index (χ0) is 22.5. The van der Waals surface area contributed by atoms with Crippen LogP contribution in [0.15, 0.2) is 76.2 Å². The molecule has 32 heavy (non-hydrogen) atoms. The predicted octanol–water partition coefficient (Wildman–Crippen LogP) is 6.48. The maximum Gasteiger partial charge on any atom is 0.418 e. The van der Waals surface area contributed by atoms with Crippen molar-refractivity contribution in [2.75, 3.05) is 0 Å². The summed E-state index contributed by atoms with van der Waals surface area (Å²) in [6.45, 7) is 0. The van der Waals surface area contributed by atoms with Gasteiger partial charge in [-0.3, -0.25) is 14.6 Å². The number of fused-ring (bicyclic) bond motifs is 3. The Bertz CT molecular complexity index is 1270. The van der Waals surface area contributed by atoms with Crippen LogP contribution in [0.2, 0.25) is 0 Å². The Morgan fingerprint density at radius 2 is 1.72 bits per heavy atom. The number of alkyl halides is 3. The fourth-order valence-electron chi connectivity index (χ4n) is 4.70. The lowest BCUT2D eigenvalue weighted by Crippen LogP contribution is -2.26. The molecule has 2 aromatic carbocycles. The highest BCUT2D eigenvalue weighted by Gasteiger charge is 2.44. The average Bonchev–Trinajstić information content (AvgIpc) is 3.23. The van der Waals surface area contributed by atoms with Gasteiger partial charge in [0.05, 0.1) is 16.7 Å². The molecule has 0 spiro atoms. The lowest BCUT2D eigenvalue weighted by atomic mass is 9.83. The Morgan fingerprint density at radius 1 is 0.969 bits per heavy atom. The van der Waals surface area contributed by atoms with E-state index in [1.54, 1.807) is 0 Å². The number of halogens is 3. The third-order valence-electron chi connectivity index (χ3n) is 6.18. The van der Waals surface area contributed by atoms with Gasteiger partial charge in [0.25, 0.3) is 0 Å². The minimum atomic E-state index is -4.60. The van der Waals surface area contributed by atoms with E-state index in [4.69, 9.17) is 0 Å². The summed E-state index contributed by atoms with van der Waals surface area (Å²) in [5, 5.41) is 0.106. The Kier molecular flexibility index (Phi) is 5.16. The van der Waals surface area contributed by atoms with Crippen LogP contribution in [-0.4, -0.2) is 16.6 Å². The number of rotatable bonds is 4. The average molecular weight is 453 g/mol. The number of ketones is 2. The first-order valence-corrected chi connectivity index (χ1v) is 11.2. The summed E-state index contributed by atoms with van der Waals surface area (Å²) in [6, 6.07) is 14.5. The van der Waals surface area contributed by atoms with Crippen molar-refractivity contribution in [1.29, 1.82) is 0 Å². The molecule has 2 aliphatic carbocycles. The first kappa shape index (κ1) is 20.9. The van der Waals surface area contributed by atoms with Gasteiger partial charge in [-0.05, 0) is 55.5 Å². The van der Waals surface area contributed by atoms with E-state index in [9.17, 15) is 22.8 Å². The van der Waals surface area contributed by atoms with Crippen LogP contribution >= 0.6 is 11.8 Å². The van der Waals surface area contributed by atoms with Crippen molar-refractivity contribution in [2.24, 2.45) is 11.8 Å². The Balaban J connectivity index is 1.67. The first-order chi connectivity index (χ1) is 15.3. The summed E-state index contributed by atoms with van der Waals surface area (Å²) < 4.78 is 40.5. The third kappa shape index (κ3) is 3.54. The van der Waals surface area contributed by atoms with E-state index in [0.717, 1.165) is 35.1 Å². The van der Waals surface area contributed by atoms with Gasteiger partial charge in [-0.1, -0.05) is 36.0 Å². The van der Waals surface area contributed by atoms with E-state index >= 15 is 0 Å². The SMILES string of the molecule is O=C(C1=C(Sc2ccccc2)C2CCC(C2)C1=O)c1ccc(C(F)(F)F)c2ncccc12. The highest BCUT2D eigenvalue weighted by atomic mass is 32.2. The van der Waals surface area contributed by atoms with Gasteiger partial charge in [-0.25, -0.2) is 0 Å². The van der Waals surface area contributed by atoms with E-state index < -0.39 is 17.5 Å². The van der Waals surface area contributed by atoms with Crippen molar-refractivity contribution >= 4 is 34.2 Å². The van der Waals surface area contributed by atoms with Crippen LogP contribution in [0.4, 0.5) is 13.2 Å². The monoisotopic (exact) mass is 453 g/mol. The molecule has 1 heterocycles. The Labute approximate surface area is 186 Å². The molecular formula is C25H18F3NO2S. The minimum Gasteiger partial charge on any atom is -0.294 e. The zero-order valence-electron chi connectivity index (χ0n) is 16.9. The summed E-state index contributed by atoms with van der Waals surface area (Å²) in [7, 11) is 0. The quantitative estimate of drug-likeness (QED) is 0.335. The molecule has 5 rings (SSSR count). The summed E-state index contributed by atoms with van der Waals surface area (Å²) in [5.74, 6) is -0.797. The highest BCUT2D eigenvalue weighted by molar-refractivity contribution is 8.03. The van der Waals surface area contributed by atoms with Gasteiger partial charge in [0, 0.05) is 32.9 Å². The second kappa shape index (κ2) is 7.89. The highest BCUT2D eigenvalue weighted by Crippen LogP contribution is 2.50. The van der Waals surface area contributed by atoms with Crippen molar-refractivity contribution in [1.82, 2.24) is 4.98 Å². The number of aromatic nitrogens is 1. The number of carbonyl (C=O) groups is 2. The molecule has 0 radical (unpaired) electrons. The van der Waals surface area contributed by atoms with E-state index in [-0.39, 0.29) is 39.7 Å². The van der Waals surface area contributed by atoms with Crippen LogP contribution < -0.4 is 0 Å². The van der Waals surface area contributed by atoms with Gasteiger partial charge in [0.2, 0.25) is 0 Å². The number of allylic oxidation sites excluding steroid dienone is 2. The number of thioether (sulfide) groups is 1. The molecule has 0 amide bonds. The molecule has 2 aliphatic rings. The van der Waals surface area contributed by atoms with E-state index in [2.05, 4.69) is 4.98 Å². The molecule has 0 saturated heterocycles. The predicted molar refractivity (Wildman–Crippen MR) is 116 cm³/mol. The Hall–Kier alpha value is -2.93. The topological polar surface area (TPSA) is 47.0 Å². The lowest BCUT2D eigenvalue weighted by molar-refractivity contribution is -0.136. The number of pyridine rings is 1. The molecule has 162 valence electrons. The summed E-state index contributed by atoms with van der Waals surface area (Å²) in [4.78, 5) is 32.5. The molecule has 0 aliphatic heterocycles. The van der Waals surface area contributed by atoms with Gasteiger partial charge in [-0.2, -0.15) is 13.2 Å². The van der Waals surface area contributed by atoms with Crippen LogP contribution in [0.1, 0.15) is 35.2 Å². The van der Waals surface area contributed by atoms with Gasteiger partial charge >= 0.3 is 6.18 Å². The number of nitrogens with zero attached hydrogens (tertiary/aromatic N) is 1. The van der Waals surface area contributed by atoms with Crippen LogP contribution in [0, 0.1) is 11.8 Å². The van der Waals surface area contributed by atoms with Crippen molar-refractivity contribution < 1.29 is 22.8 Å². The lowest BCUT2D eigenvalue weighted by Gasteiger charge is -2.25. The minimum absolute atomic E-state index is 0.0805. The van der Waals surface area contributed by atoms with Crippen molar-refractivity contribution in [3.8, 4) is 0 Å². The Morgan fingerprint density at radius 3 is 2.47 bits per heavy atom. The number of hydrogen-bond donors (Lipinski definition) is 0. The smallest absolute Gasteiger partial charge is 0.294 e. The largest absolute Gasteiger partial charge is 0.418 e. The van der Waals surface area contributed by atoms with Crippen LogP contribution in [0.25, 0.3) is 10.9 Å². The van der Waals surface area contributed by atoms with Crippen molar-refractivity contribution in [3.05, 3.63) is 82.4 Å². The van der Waals surface area contributed by atoms with Crippen LogP contribution in [-0.2, 0) is 11.0 Å². The van der Waals surface area contributed by atoms with E-state index in [1.807, 2.05) is 30.3 Å². The van der Waals surface area contributed by atoms with Crippen molar-refractivity contribution in [3.63, 3.8) is 0 Å². The van der Waals surface area contributed by atoms with Crippen LogP contribution in [0.5, 0.6) is 0 Å². The van der Waals surface area contributed by atoms with Gasteiger partial charge in [0.15, 0.2) is 11.6 Å². The molecule has 1 fully saturated rings. The zero-order valence-corrected chi connectivity index (χ0v) is 17.7. The number of carbonyl (C=O) groups excluding carboxylic acids is 2. The maximum atomic E-state index is 13.7. The second-order valence-corrected chi connectivity index (χ2v) is 9.23. The van der Waals surface area contributed by atoms with Gasteiger partial charge in [0.1, 0.15) is 0 Å². The third-order valence-corrected chi connectivity index (χ3v) is 7.45. The number of benzene rings is 2. The van der Waals surface area contributed by atoms with Crippen molar-refractivity contribution in [2.45, 2.75) is 30.3 Å². The standard InChI is InChI=1S/C25H18F3NO2S/c26-25(27,28)19-11-10-18(17-7-4-12-29-21(17)19)23(31)20-22(30)14-8-9-15(13-14)24(20)32-16-5-2-1-3-6-16/h1-7,10-12,14-15H,8-9,13H2. The molecule has 3 nitrogen and oxygen atoms in total. The molecule has 1 aromatic heterocycles. The molecule has 2 unspecified atom stereocenters. The fraction of sp³-hybridized carbons (Fsp3) is 0.240. The second-order valence-electron chi connectivity index (χ2n) is 8.11. The maximum absolute atomic E-state index is 13.7. The molecule has 3 aromatic rings. The summed E-state index contributed by atoms with van der Waals surface area (Å²) >= 11 is 1.41. The molecule has 2 atom stereocenters. The fourth-order valence-corrected chi connectivity index (χ4v) is 5.92. The summed E-state index contributed by atoms with van der Waals surface area (Å²) in [5.41, 5.74) is -0.970. The molecule has 2 bridgehead atoms. The number of Topliss-reactive ketones (excluding diaryl/α,β-unsaturated/α-hetero) is 2. The van der Waals surface area contributed by atoms with Gasteiger partial charge < -0.3 is 0 Å². The summed E-state index contributed by atoms with van der Waals surface area (Å²) in [6.07, 6.45) is -1.04. The first-order valence-electron chi connectivity index (χ1n) is 10.4. The van der Waals surface area contributed by atoms with E-state index in [0.29, 0.717) is 0 Å². The molecule has 1 saturated carbocycles. The number of hydrogen-bond acceptors (Lipinski definition) is 4. The molecule has 0 N–H and O–H groups in total. The van der Waals surface area contributed by atoms with E-state index in [1.165, 1.54) is 36.2 Å². The normalized spacial score (nSPS) is 20.8. The van der Waals surface area contributed by atoms with Gasteiger partial charge in [-0.15, -0.1) is 0 Å². The molecule has 7 heteroatoms. The molecular weight excluding hydrogens is 435 g/mol. The van der Waals surface area contributed by atoms with Crippen LogP contribution in [0.3, 0.4) is 0 Å².